The maximum atomic E-state index is 12.2. The molecule has 152 valence electrons. The second kappa shape index (κ2) is 9.31. The maximum Gasteiger partial charge on any atom is 0.322 e. The number of carbonyl (C=O) groups excluding carboxylic acids is 1. The Morgan fingerprint density at radius 1 is 1.14 bits per heavy atom. The molecule has 0 fully saturated rings. The van der Waals surface area contributed by atoms with Gasteiger partial charge in [-0.1, -0.05) is 24.3 Å². The standard InChI is InChI=1S/C21H25N5O3/c1-22-18(21(28)29)11-23-20(27)15-9-7-14(8-10-15)12-26(2)13-19-24-16-5-3-4-6-17(16)25-19/h3-10,18,22H,11-13H2,1-2H3,(H,23,27)(H,24,25)(H,28,29). The van der Waals surface area contributed by atoms with Gasteiger partial charge in [-0.25, -0.2) is 4.98 Å². The first-order chi connectivity index (χ1) is 14.0. The number of nitrogens with zero attached hydrogens (tertiary/aromatic N) is 2. The predicted octanol–water partition coefficient (Wildman–Crippen LogP) is 1.60. The van der Waals surface area contributed by atoms with Crippen molar-refractivity contribution in [1.29, 1.82) is 0 Å². The number of H-pyrrole nitrogens is 1. The molecule has 0 aliphatic carbocycles. The van der Waals surface area contributed by atoms with E-state index in [9.17, 15) is 9.59 Å². The highest BCUT2D eigenvalue weighted by Gasteiger charge is 2.16. The van der Waals surface area contributed by atoms with Crippen molar-refractivity contribution in [3.63, 3.8) is 0 Å². The number of rotatable bonds is 9. The van der Waals surface area contributed by atoms with Crippen molar-refractivity contribution < 1.29 is 14.7 Å². The molecule has 1 aromatic heterocycles. The number of imidazole rings is 1. The van der Waals surface area contributed by atoms with E-state index in [0.717, 1.165) is 22.4 Å². The van der Waals surface area contributed by atoms with Crippen molar-refractivity contribution in [2.45, 2.75) is 19.1 Å². The summed E-state index contributed by atoms with van der Waals surface area (Å²) in [4.78, 5) is 33.2. The molecule has 0 aliphatic heterocycles. The SMILES string of the molecule is CNC(CNC(=O)c1ccc(CN(C)Cc2nc3ccccc3[nH]2)cc1)C(=O)O. The van der Waals surface area contributed by atoms with Crippen LogP contribution in [-0.2, 0) is 17.9 Å². The van der Waals surface area contributed by atoms with E-state index in [1.165, 1.54) is 0 Å². The molecule has 2 aromatic carbocycles. The molecule has 1 atom stereocenters. The molecule has 0 aliphatic rings. The van der Waals surface area contributed by atoms with Crippen LogP contribution in [0.25, 0.3) is 11.0 Å². The summed E-state index contributed by atoms with van der Waals surface area (Å²) < 4.78 is 0. The Balaban J connectivity index is 1.54. The van der Waals surface area contributed by atoms with E-state index in [1.54, 1.807) is 19.2 Å². The molecular formula is C21H25N5O3. The van der Waals surface area contributed by atoms with E-state index in [4.69, 9.17) is 5.11 Å². The summed E-state index contributed by atoms with van der Waals surface area (Å²) in [5, 5.41) is 14.3. The number of para-hydroxylation sites is 2. The van der Waals surface area contributed by atoms with E-state index in [2.05, 4.69) is 25.5 Å². The molecule has 0 radical (unpaired) electrons. The molecular weight excluding hydrogens is 370 g/mol. The van der Waals surface area contributed by atoms with Crippen LogP contribution in [0.1, 0.15) is 21.7 Å². The number of likely N-dealkylation sites (N-methyl/N-ethyl adjacent to an activating group) is 1. The number of benzene rings is 2. The summed E-state index contributed by atoms with van der Waals surface area (Å²) in [5.74, 6) is -0.397. The van der Waals surface area contributed by atoms with Gasteiger partial charge in [0.15, 0.2) is 0 Å². The number of hydrogen-bond donors (Lipinski definition) is 4. The fourth-order valence-corrected chi connectivity index (χ4v) is 3.07. The molecule has 1 unspecified atom stereocenters. The van der Waals surface area contributed by atoms with Crippen molar-refractivity contribution in [3.05, 3.63) is 65.5 Å². The first kappa shape index (κ1) is 20.5. The Morgan fingerprint density at radius 3 is 2.52 bits per heavy atom. The first-order valence-electron chi connectivity index (χ1n) is 9.35. The number of nitrogens with one attached hydrogen (secondary N) is 3. The molecule has 1 heterocycles. The van der Waals surface area contributed by atoms with Crippen molar-refractivity contribution in [3.8, 4) is 0 Å². The fraction of sp³-hybridized carbons (Fsp3) is 0.286. The lowest BCUT2D eigenvalue weighted by Crippen LogP contribution is -2.44. The monoisotopic (exact) mass is 395 g/mol. The first-order valence-corrected chi connectivity index (χ1v) is 9.35. The number of hydrogen-bond acceptors (Lipinski definition) is 5. The number of carboxylic acid groups (broad SMARTS) is 1. The van der Waals surface area contributed by atoms with Crippen LogP contribution < -0.4 is 10.6 Å². The number of amides is 1. The molecule has 8 heteroatoms. The number of carboxylic acids is 1. The van der Waals surface area contributed by atoms with Gasteiger partial charge in [0.05, 0.1) is 17.6 Å². The van der Waals surface area contributed by atoms with Gasteiger partial charge in [-0.3, -0.25) is 14.5 Å². The molecule has 4 N–H and O–H groups in total. The minimum atomic E-state index is -1.00. The lowest BCUT2D eigenvalue weighted by atomic mass is 10.1. The van der Waals surface area contributed by atoms with Crippen LogP contribution in [0.4, 0.5) is 0 Å². The van der Waals surface area contributed by atoms with Gasteiger partial charge in [0.25, 0.3) is 5.91 Å². The number of carbonyl (C=O) groups is 2. The summed E-state index contributed by atoms with van der Waals surface area (Å²) in [6, 6.07) is 14.4. The Kier molecular flexibility index (Phi) is 6.58. The van der Waals surface area contributed by atoms with Crippen LogP contribution in [0.3, 0.4) is 0 Å². The van der Waals surface area contributed by atoms with Crippen LogP contribution >= 0.6 is 0 Å². The zero-order valence-electron chi connectivity index (χ0n) is 16.5. The van der Waals surface area contributed by atoms with Gasteiger partial charge in [0, 0.05) is 18.7 Å². The highest BCUT2D eigenvalue weighted by Crippen LogP contribution is 2.13. The third-order valence-corrected chi connectivity index (χ3v) is 4.64. The van der Waals surface area contributed by atoms with Gasteiger partial charge in [-0.05, 0) is 43.9 Å². The minimum absolute atomic E-state index is 0.0205. The van der Waals surface area contributed by atoms with Crippen molar-refractivity contribution >= 4 is 22.9 Å². The molecule has 29 heavy (non-hydrogen) atoms. The number of aromatic amines is 1. The van der Waals surface area contributed by atoms with Gasteiger partial charge < -0.3 is 20.7 Å². The molecule has 0 bridgehead atoms. The van der Waals surface area contributed by atoms with Crippen molar-refractivity contribution in [2.75, 3.05) is 20.6 Å². The Morgan fingerprint density at radius 2 is 1.86 bits per heavy atom. The van der Waals surface area contributed by atoms with Crippen LogP contribution in [-0.4, -0.2) is 58.5 Å². The predicted molar refractivity (Wildman–Crippen MR) is 111 cm³/mol. The largest absolute Gasteiger partial charge is 0.480 e. The van der Waals surface area contributed by atoms with Gasteiger partial charge in [-0.15, -0.1) is 0 Å². The summed E-state index contributed by atoms with van der Waals surface area (Å²) in [6.45, 7) is 1.41. The van der Waals surface area contributed by atoms with Gasteiger partial charge in [0.2, 0.25) is 0 Å². The van der Waals surface area contributed by atoms with E-state index in [0.29, 0.717) is 18.7 Å². The van der Waals surface area contributed by atoms with E-state index >= 15 is 0 Å². The number of aromatic nitrogens is 2. The Hall–Kier alpha value is -3.23. The lowest BCUT2D eigenvalue weighted by Gasteiger charge is -2.15. The highest BCUT2D eigenvalue weighted by molar-refractivity contribution is 5.94. The van der Waals surface area contributed by atoms with E-state index < -0.39 is 12.0 Å². The van der Waals surface area contributed by atoms with Crippen LogP contribution in [0.15, 0.2) is 48.5 Å². The number of aliphatic carboxylic acids is 1. The summed E-state index contributed by atoms with van der Waals surface area (Å²) in [5.41, 5.74) is 3.54. The zero-order chi connectivity index (χ0) is 20.8. The van der Waals surface area contributed by atoms with Crippen LogP contribution in [0, 0.1) is 0 Å². The summed E-state index contributed by atoms with van der Waals surface area (Å²) >= 11 is 0. The highest BCUT2D eigenvalue weighted by atomic mass is 16.4. The van der Waals surface area contributed by atoms with Crippen molar-refractivity contribution in [1.82, 2.24) is 25.5 Å². The summed E-state index contributed by atoms with van der Waals surface area (Å²) in [7, 11) is 3.55. The van der Waals surface area contributed by atoms with Crippen LogP contribution in [0.2, 0.25) is 0 Å². The molecule has 0 spiro atoms. The second-order valence-corrected chi connectivity index (χ2v) is 6.96. The third-order valence-electron chi connectivity index (χ3n) is 4.64. The molecule has 0 saturated heterocycles. The second-order valence-electron chi connectivity index (χ2n) is 6.96. The minimum Gasteiger partial charge on any atom is -0.480 e. The summed E-state index contributed by atoms with van der Waals surface area (Å²) in [6.07, 6.45) is 0. The molecule has 3 aromatic rings. The average Bonchev–Trinajstić information content (AvgIpc) is 3.10. The number of fused-ring (bicyclic) bond motifs is 1. The smallest absolute Gasteiger partial charge is 0.322 e. The van der Waals surface area contributed by atoms with E-state index in [-0.39, 0.29) is 12.5 Å². The van der Waals surface area contributed by atoms with Gasteiger partial charge in [0.1, 0.15) is 11.9 Å². The van der Waals surface area contributed by atoms with Gasteiger partial charge >= 0.3 is 5.97 Å². The average molecular weight is 395 g/mol. The van der Waals surface area contributed by atoms with E-state index in [1.807, 2.05) is 43.4 Å². The lowest BCUT2D eigenvalue weighted by molar-refractivity contribution is -0.139. The quantitative estimate of drug-likeness (QED) is 0.438. The Labute approximate surface area is 168 Å². The molecule has 1 amide bonds. The zero-order valence-corrected chi connectivity index (χ0v) is 16.5. The maximum absolute atomic E-state index is 12.2. The topological polar surface area (TPSA) is 110 Å². The normalized spacial score (nSPS) is 12.2. The van der Waals surface area contributed by atoms with Crippen LogP contribution in [0.5, 0.6) is 0 Å². The third kappa shape index (κ3) is 5.40. The molecule has 8 nitrogen and oxygen atoms in total. The van der Waals surface area contributed by atoms with Gasteiger partial charge in [-0.2, -0.15) is 0 Å². The fourth-order valence-electron chi connectivity index (χ4n) is 3.07. The molecule has 0 saturated carbocycles. The Bertz CT molecular complexity index is 950. The van der Waals surface area contributed by atoms with Crippen molar-refractivity contribution in [2.24, 2.45) is 0 Å². The molecule has 3 rings (SSSR count).